The SMILES string of the molecule is CC1(CCl)CCC(Cc2cc[c-]cc2)C1(O)Cn1[nH]cnc1=S.[Y]. The summed E-state index contributed by atoms with van der Waals surface area (Å²) in [7, 11) is 0. The predicted octanol–water partition coefficient (Wildman–Crippen LogP) is 3.37. The summed E-state index contributed by atoms with van der Waals surface area (Å²) in [5, 5.41) is 14.6. The molecule has 1 aromatic carbocycles. The summed E-state index contributed by atoms with van der Waals surface area (Å²) in [4.78, 5) is 4.05. The van der Waals surface area contributed by atoms with E-state index >= 15 is 0 Å². The van der Waals surface area contributed by atoms with Gasteiger partial charge in [0.05, 0.1) is 12.1 Å². The van der Waals surface area contributed by atoms with E-state index in [1.807, 2.05) is 12.1 Å². The van der Waals surface area contributed by atoms with Crippen LogP contribution in [-0.4, -0.2) is 31.4 Å². The maximum atomic E-state index is 11.6. The molecule has 1 fully saturated rings. The van der Waals surface area contributed by atoms with Crippen molar-refractivity contribution in [2.24, 2.45) is 11.3 Å². The molecular formula is C17H21ClN3OSY-. The molecular weight excluding hydrogens is 419 g/mol. The molecule has 3 unspecified atom stereocenters. The fourth-order valence-electron chi connectivity index (χ4n) is 3.69. The summed E-state index contributed by atoms with van der Waals surface area (Å²) in [5.74, 6) is 0.545. The zero-order valence-corrected chi connectivity index (χ0v) is 18.1. The van der Waals surface area contributed by atoms with Gasteiger partial charge in [-0.3, -0.25) is 9.78 Å². The molecule has 127 valence electrons. The van der Waals surface area contributed by atoms with Crippen LogP contribution in [0.2, 0.25) is 0 Å². The van der Waals surface area contributed by atoms with Gasteiger partial charge in [-0.2, -0.15) is 35.9 Å². The van der Waals surface area contributed by atoms with Crippen LogP contribution in [0.4, 0.5) is 0 Å². The summed E-state index contributed by atoms with van der Waals surface area (Å²) in [6.07, 6.45) is 4.22. The molecule has 0 aliphatic heterocycles. The molecule has 0 saturated heterocycles. The first kappa shape index (κ1) is 20.2. The Balaban J connectivity index is 0.00000208. The number of hydrogen-bond acceptors (Lipinski definition) is 3. The fraction of sp³-hybridized carbons (Fsp3) is 0.529. The first-order valence-corrected chi connectivity index (χ1v) is 8.76. The third-order valence-corrected chi connectivity index (χ3v) is 6.26. The summed E-state index contributed by atoms with van der Waals surface area (Å²) < 4.78 is 2.19. The quantitative estimate of drug-likeness (QED) is 0.427. The number of aliphatic hydroxyl groups is 1. The first-order valence-electron chi connectivity index (χ1n) is 7.82. The topological polar surface area (TPSA) is 53.8 Å². The van der Waals surface area contributed by atoms with Gasteiger partial charge >= 0.3 is 0 Å². The number of nitrogens with zero attached hydrogens (tertiary/aromatic N) is 2. The minimum atomic E-state index is -0.931. The zero-order valence-electron chi connectivity index (χ0n) is 13.7. The van der Waals surface area contributed by atoms with Gasteiger partial charge in [0.25, 0.3) is 0 Å². The van der Waals surface area contributed by atoms with Crippen LogP contribution < -0.4 is 0 Å². The Morgan fingerprint density at radius 2 is 2.21 bits per heavy atom. The van der Waals surface area contributed by atoms with Crippen LogP contribution in [-0.2, 0) is 45.7 Å². The monoisotopic (exact) mass is 439 g/mol. The van der Waals surface area contributed by atoms with Gasteiger partial charge in [0.15, 0.2) is 0 Å². The Bertz CT molecular complexity index is 722. The van der Waals surface area contributed by atoms with Gasteiger partial charge in [-0.25, -0.2) is 4.98 Å². The number of aromatic nitrogens is 3. The van der Waals surface area contributed by atoms with Gasteiger partial charge in [-0.15, -0.1) is 11.6 Å². The maximum Gasteiger partial charge on any atom is 0.215 e. The predicted molar refractivity (Wildman–Crippen MR) is 92.9 cm³/mol. The van der Waals surface area contributed by atoms with Crippen molar-refractivity contribution in [3.8, 4) is 0 Å². The minimum absolute atomic E-state index is 0. The molecule has 2 aromatic rings. The molecule has 1 aliphatic rings. The molecule has 1 heterocycles. The molecule has 1 saturated carbocycles. The van der Waals surface area contributed by atoms with E-state index in [0.29, 0.717) is 17.2 Å². The van der Waals surface area contributed by atoms with E-state index in [-0.39, 0.29) is 44.0 Å². The average Bonchev–Trinajstić information content (AvgIpc) is 3.06. The first-order chi connectivity index (χ1) is 11.0. The van der Waals surface area contributed by atoms with E-state index in [2.05, 4.69) is 35.2 Å². The van der Waals surface area contributed by atoms with Crippen molar-refractivity contribution in [3.63, 3.8) is 0 Å². The van der Waals surface area contributed by atoms with E-state index < -0.39 is 5.60 Å². The van der Waals surface area contributed by atoms with E-state index in [4.69, 9.17) is 23.8 Å². The standard InChI is InChI=1S/C17H21ClN3OS.Y/c1-16(10-18)8-7-14(9-13-5-3-2-4-6-13)17(16,22)11-21-15(23)19-12-20-21;/h3-6,12,14,22H,7-11H2,1H3,(H,19,20,23);/q-1;. The summed E-state index contributed by atoms with van der Waals surface area (Å²) >= 11 is 11.5. The average molecular weight is 440 g/mol. The number of halogens is 1. The Hall–Kier alpha value is -0.0661. The molecule has 3 rings (SSSR count). The number of H-pyrrole nitrogens is 1. The fourth-order valence-corrected chi connectivity index (χ4v) is 4.22. The van der Waals surface area contributed by atoms with Crippen LogP contribution in [0, 0.1) is 22.2 Å². The van der Waals surface area contributed by atoms with Crippen LogP contribution in [0.5, 0.6) is 0 Å². The number of nitrogens with one attached hydrogen (secondary N) is 1. The number of alkyl halides is 1. The largest absolute Gasteiger partial charge is 0.387 e. The van der Waals surface area contributed by atoms with Crippen LogP contribution in [0.1, 0.15) is 25.3 Å². The zero-order chi connectivity index (χ0) is 16.5. The van der Waals surface area contributed by atoms with Gasteiger partial charge in [0.2, 0.25) is 4.77 Å². The van der Waals surface area contributed by atoms with Crippen LogP contribution in [0.15, 0.2) is 30.6 Å². The maximum absolute atomic E-state index is 11.6. The van der Waals surface area contributed by atoms with Crippen molar-refractivity contribution >= 4 is 23.8 Å². The molecule has 4 nitrogen and oxygen atoms in total. The van der Waals surface area contributed by atoms with Crippen molar-refractivity contribution in [2.75, 3.05) is 5.88 Å². The molecule has 7 heteroatoms. The van der Waals surface area contributed by atoms with Crippen LogP contribution in [0.25, 0.3) is 0 Å². The molecule has 1 radical (unpaired) electrons. The van der Waals surface area contributed by atoms with Crippen LogP contribution in [0.3, 0.4) is 0 Å². The van der Waals surface area contributed by atoms with Gasteiger partial charge in [-0.1, -0.05) is 6.92 Å². The van der Waals surface area contributed by atoms with Crippen molar-refractivity contribution in [1.29, 1.82) is 0 Å². The Morgan fingerprint density at radius 3 is 2.79 bits per heavy atom. The second-order valence-electron chi connectivity index (χ2n) is 6.72. The van der Waals surface area contributed by atoms with Crippen LogP contribution >= 0.6 is 23.8 Å². The second kappa shape index (κ2) is 8.09. The molecule has 1 aromatic heterocycles. The van der Waals surface area contributed by atoms with E-state index in [1.165, 1.54) is 5.56 Å². The number of rotatable bonds is 5. The van der Waals surface area contributed by atoms with E-state index in [0.717, 1.165) is 19.3 Å². The minimum Gasteiger partial charge on any atom is -0.387 e. The molecule has 3 atom stereocenters. The number of benzene rings is 1. The molecule has 2 N–H and O–H groups in total. The smallest absolute Gasteiger partial charge is 0.215 e. The third-order valence-electron chi connectivity index (χ3n) is 5.35. The molecule has 0 spiro atoms. The van der Waals surface area contributed by atoms with Gasteiger partial charge < -0.3 is 5.11 Å². The molecule has 24 heavy (non-hydrogen) atoms. The number of aromatic amines is 1. The van der Waals surface area contributed by atoms with Gasteiger partial charge in [0.1, 0.15) is 6.33 Å². The summed E-state index contributed by atoms with van der Waals surface area (Å²) in [6, 6.07) is 11.0. The van der Waals surface area contributed by atoms with Crippen molar-refractivity contribution < 1.29 is 37.8 Å². The normalized spacial score (nSPS) is 29.4. The summed E-state index contributed by atoms with van der Waals surface area (Å²) in [6.45, 7) is 2.46. The van der Waals surface area contributed by atoms with E-state index in [9.17, 15) is 5.11 Å². The Labute approximate surface area is 177 Å². The van der Waals surface area contributed by atoms with Crippen molar-refractivity contribution in [1.82, 2.24) is 14.8 Å². The molecule has 0 amide bonds. The van der Waals surface area contributed by atoms with Crippen molar-refractivity contribution in [3.05, 3.63) is 47.0 Å². The van der Waals surface area contributed by atoms with Gasteiger partial charge in [0, 0.05) is 44.0 Å². The third kappa shape index (κ3) is 3.71. The van der Waals surface area contributed by atoms with Gasteiger partial charge in [-0.05, 0) is 37.4 Å². The van der Waals surface area contributed by atoms with Crippen molar-refractivity contribution in [2.45, 2.75) is 38.3 Å². The molecule has 0 bridgehead atoms. The number of hydrogen-bond donors (Lipinski definition) is 2. The second-order valence-corrected chi connectivity index (χ2v) is 7.35. The Morgan fingerprint density at radius 1 is 1.50 bits per heavy atom. The summed E-state index contributed by atoms with van der Waals surface area (Å²) in [5.41, 5.74) is -0.0711. The molecule has 1 aliphatic carbocycles. The van der Waals surface area contributed by atoms with E-state index in [1.54, 1.807) is 11.0 Å². The Kier molecular flexibility index (Phi) is 6.82.